The Morgan fingerprint density at radius 3 is 2.48 bits per heavy atom. The topological polar surface area (TPSA) is 95.9 Å². The van der Waals surface area contributed by atoms with Crippen molar-refractivity contribution in [1.29, 1.82) is 0 Å². The summed E-state index contributed by atoms with van der Waals surface area (Å²) in [4.78, 5) is 42.1. The Kier molecular flexibility index (Phi) is 3.43. The minimum absolute atomic E-state index is 0.0226. The van der Waals surface area contributed by atoms with Crippen LogP contribution in [0.1, 0.15) is 15.9 Å². The number of fused-ring (bicyclic) bond motifs is 3. The van der Waals surface area contributed by atoms with Gasteiger partial charge < -0.3 is 9.40 Å². The number of nitrogens with one attached hydrogen (secondary N) is 2. The molecule has 2 heterocycles. The Hall–Kier alpha value is -3.32. The molecular formula is C18H10N2O4S. The first kappa shape index (κ1) is 15.2. The number of benzene rings is 2. The lowest BCUT2D eigenvalue weighted by Crippen LogP contribution is -2.14. The molecule has 0 aliphatic rings. The zero-order valence-electron chi connectivity index (χ0n) is 12.7. The molecule has 0 fully saturated rings. The van der Waals surface area contributed by atoms with Crippen molar-refractivity contribution in [2.75, 3.05) is 0 Å². The Morgan fingerprint density at radius 1 is 0.960 bits per heavy atom. The van der Waals surface area contributed by atoms with Crippen LogP contribution in [0.15, 0.2) is 62.5 Å². The van der Waals surface area contributed by atoms with Crippen LogP contribution < -0.4 is 11.2 Å². The Balaban J connectivity index is 2.06. The molecule has 4 aromatic rings. The molecule has 2 aromatic heterocycles. The van der Waals surface area contributed by atoms with Gasteiger partial charge in [0.2, 0.25) is 0 Å². The van der Waals surface area contributed by atoms with E-state index in [1.165, 1.54) is 6.07 Å². The van der Waals surface area contributed by atoms with E-state index >= 15 is 0 Å². The highest BCUT2D eigenvalue weighted by atomic mass is 32.1. The molecule has 4 rings (SSSR count). The van der Waals surface area contributed by atoms with E-state index in [4.69, 9.17) is 16.6 Å². The summed E-state index contributed by atoms with van der Waals surface area (Å²) in [6, 6.07) is 13.4. The second-order valence-corrected chi connectivity index (χ2v) is 5.86. The highest BCUT2D eigenvalue weighted by Crippen LogP contribution is 2.22. The first-order valence-corrected chi connectivity index (χ1v) is 7.78. The number of hydrogen-bond donors (Lipinski definition) is 2. The number of rotatable bonds is 2. The molecular weight excluding hydrogens is 340 g/mol. The van der Waals surface area contributed by atoms with E-state index in [2.05, 4.69) is 9.97 Å². The molecule has 2 aromatic carbocycles. The molecule has 0 aliphatic carbocycles. The third-order valence-corrected chi connectivity index (χ3v) is 4.10. The number of hydrogen-bond acceptors (Lipinski definition) is 5. The lowest BCUT2D eigenvalue weighted by Gasteiger charge is -2.05. The van der Waals surface area contributed by atoms with E-state index in [1.54, 1.807) is 36.4 Å². The molecule has 0 radical (unpaired) electrons. The first-order chi connectivity index (χ1) is 12.0. The van der Waals surface area contributed by atoms with Crippen LogP contribution >= 0.6 is 12.2 Å². The molecule has 0 saturated heterocycles. The van der Waals surface area contributed by atoms with Crippen molar-refractivity contribution in [1.82, 2.24) is 9.97 Å². The summed E-state index contributed by atoms with van der Waals surface area (Å²) >= 11 is 4.89. The molecule has 0 saturated carbocycles. The van der Waals surface area contributed by atoms with Crippen LogP contribution in [-0.2, 0) is 0 Å². The Labute approximate surface area is 144 Å². The molecule has 0 spiro atoms. The maximum Gasteiger partial charge on any atom is 0.361 e. The summed E-state index contributed by atoms with van der Waals surface area (Å²) in [6.45, 7) is 0. The fourth-order valence-electron chi connectivity index (χ4n) is 2.76. The highest BCUT2D eigenvalue weighted by Gasteiger charge is 2.15. The number of carbonyl (C=O) groups is 1. The van der Waals surface area contributed by atoms with Gasteiger partial charge in [0.1, 0.15) is 11.1 Å². The number of H-pyrrole nitrogens is 2. The fourth-order valence-corrected chi connectivity index (χ4v) is 2.95. The average Bonchev–Trinajstić information content (AvgIpc) is 2.61. The van der Waals surface area contributed by atoms with Crippen LogP contribution in [0.5, 0.6) is 0 Å². The second-order valence-electron chi connectivity index (χ2n) is 5.45. The van der Waals surface area contributed by atoms with Crippen LogP contribution in [0.2, 0.25) is 0 Å². The molecule has 7 heteroatoms. The molecule has 6 nitrogen and oxygen atoms in total. The molecule has 0 atom stereocenters. The van der Waals surface area contributed by atoms with Gasteiger partial charge in [-0.25, -0.2) is 4.79 Å². The maximum atomic E-state index is 12.6. The predicted molar refractivity (Wildman–Crippen MR) is 95.7 cm³/mol. The van der Waals surface area contributed by atoms with E-state index in [0.29, 0.717) is 16.5 Å². The van der Waals surface area contributed by atoms with E-state index in [0.717, 1.165) is 0 Å². The van der Waals surface area contributed by atoms with Gasteiger partial charge in [-0.3, -0.25) is 14.6 Å². The van der Waals surface area contributed by atoms with Crippen LogP contribution in [0.4, 0.5) is 0 Å². The van der Waals surface area contributed by atoms with Gasteiger partial charge in [0.15, 0.2) is 10.6 Å². The largest absolute Gasteiger partial charge is 0.421 e. The van der Waals surface area contributed by atoms with E-state index in [-0.39, 0.29) is 27.0 Å². The third-order valence-electron chi connectivity index (χ3n) is 3.90. The summed E-state index contributed by atoms with van der Waals surface area (Å²) in [5.41, 5.74) is -0.0981. The van der Waals surface area contributed by atoms with Gasteiger partial charge in [-0.15, -0.1) is 0 Å². The lowest BCUT2D eigenvalue weighted by atomic mass is 10.0. The van der Waals surface area contributed by atoms with Gasteiger partial charge in [0.05, 0.1) is 5.39 Å². The molecule has 0 amide bonds. The number of ketones is 1. The SMILES string of the molecule is O=C(c1ccccc1)c1ccc2oc(=O)c3[nH]c(=S)[nH]c(=O)c3c2c1. The molecule has 25 heavy (non-hydrogen) atoms. The van der Waals surface area contributed by atoms with Crippen molar-refractivity contribution >= 4 is 39.9 Å². The summed E-state index contributed by atoms with van der Waals surface area (Å²) < 4.78 is 5.26. The van der Waals surface area contributed by atoms with E-state index < -0.39 is 11.2 Å². The number of aromatic amines is 2. The van der Waals surface area contributed by atoms with Crippen molar-refractivity contribution in [3.63, 3.8) is 0 Å². The lowest BCUT2D eigenvalue weighted by molar-refractivity contribution is 0.103. The van der Waals surface area contributed by atoms with Gasteiger partial charge in [-0.1, -0.05) is 30.3 Å². The first-order valence-electron chi connectivity index (χ1n) is 7.37. The smallest absolute Gasteiger partial charge is 0.361 e. The fraction of sp³-hybridized carbons (Fsp3) is 0. The van der Waals surface area contributed by atoms with E-state index in [9.17, 15) is 14.4 Å². The monoisotopic (exact) mass is 350 g/mol. The van der Waals surface area contributed by atoms with Crippen molar-refractivity contribution in [3.05, 3.63) is 85.2 Å². The molecule has 0 aliphatic heterocycles. The minimum atomic E-state index is -0.693. The maximum absolute atomic E-state index is 12.6. The van der Waals surface area contributed by atoms with Crippen LogP contribution in [0.25, 0.3) is 21.9 Å². The standard InChI is InChI=1S/C18H10N2O4S/c21-15(9-4-2-1-3-5-9)10-6-7-12-11(8-10)13-14(17(23)24-12)19-18(25)20-16(13)22/h1-8H,(H2,19,20,22,25). The Bertz CT molecular complexity index is 1320. The van der Waals surface area contributed by atoms with Crippen molar-refractivity contribution < 1.29 is 9.21 Å². The normalized spacial score (nSPS) is 11.0. The van der Waals surface area contributed by atoms with Gasteiger partial charge in [-0.05, 0) is 30.4 Å². The summed E-state index contributed by atoms with van der Waals surface area (Å²) in [5, 5.41) is 0.478. The second kappa shape index (κ2) is 5.64. The van der Waals surface area contributed by atoms with Crippen LogP contribution in [-0.4, -0.2) is 15.8 Å². The quantitative estimate of drug-likeness (QED) is 0.251. The highest BCUT2D eigenvalue weighted by molar-refractivity contribution is 7.71. The van der Waals surface area contributed by atoms with Crippen molar-refractivity contribution in [3.8, 4) is 0 Å². The van der Waals surface area contributed by atoms with Gasteiger partial charge in [0.25, 0.3) is 5.56 Å². The molecule has 0 unspecified atom stereocenters. The molecule has 0 bridgehead atoms. The number of aromatic nitrogens is 2. The zero-order valence-corrected chi connectivity index (χ0v) is 13.5. The van der Waals surface area contributed by atoms with E-state index in [1.807, 2.05) is 6.07 Å². The average molecular weight is 350 g/mol. The molecule has 2 N–H and O–H groups in total. The van der Waals surface area contributed by atoms with Crippen molar-refractivity contribution in [2.24, 2.45) is 0 Å². The van der Waals surface area contributed by atoms with Crippen molar-refractivity contribution in [2.45, 2.75) is 0 Å². The summed E-state index contributed by atoms with van der Waals surface area (Å²) in [7, 11) is 0. The van der Waals surface area contributed by atoms with Crippen LogP contribution in [0.3, 0.4) is 0 Å². The third kappa shape index (κ3) is 2.50. The summed E-state index contributed by atoms with van der Waals surface area (Å²) in [5.74, 6) is -0.192. The Morgan fingerprint density at radius 2 is 1.72 bits per heavy atom. The summed E-state index contributed by atoms with van der Waals surface area (Å²) in [6.07, 6.45) is 0. The van der Waals surface area contributed by atoms with Gasteiger partial charge in [0, 0.05) is 16.5 Å². The van der Waals surface area contributed by atoms with Gasteiger partial charge in [-0.2, -0.15) is 0 Å². The van der Waals surface area contributed by atoms with Crippen LogP contribution in [0, 0.1) is 4.77 Å². The molecule has 122 valence electrons. The minimum Gasteiger partial charge on any atom is -0.421 e. The van der Waals surface area contributed by atoms with Gasteiger partial charge >= 0.3 is 5.63 Å². The number of carbonyl (C=O) groups excluding carboxylic acids is 1. The predicted octanol–water partition coefficient (Wildman–Crippen LogP) is 2.92. The zero-order chi connectivity index (χ0) is 17.6.